The zero-order valence-corrected chi connectivity index (χ0v) is 9.85. The Kier molecular flexibility index (Phi) is 3.23. The summed E-state index contributed by atoms with van der Waals surface area (Å²) in [7, 11) is -0.998. The minimum atomic E-state index is -0.998. The highest BCUT2D eigenvalue weighted by Crippen LogP contribution is 2.24. The third-order valence-electron chi connectivity index (χ3n) is 1.88. The van der Waals surface area contributed by atoms with Crippen molar-refractivity contribution in [3.63, 3.8) is 0 Å². The third kappa shape index (κ3) is 2.30. The molecule has 0 fully saturated rings. The van der Waals surface area contributed by atoms with Crippen LogP contribution < -0.4 is 0 Å². The summed E-state index contributed by atoms with van der Waals surface area (Å²) in [5, 5.41) is 8.79. The van der Waals surface area contributed by atoms with E-state index in [1.807, 2.05) is 37.3 Å². The summed E-state index contributed by atoms with van der Waals surface area (Å²) < 4.78 is 12.1. The summed E-state index contributed by atoms with van der Waals surface area (Å²) in [5.74, 6) is 0.587. The maximum absolute atomic E-state index is 11.5. The van der Waals surface area contributed by atoms with Crippen LogP contribution in [0.4, 0.5) is 0 Å². The molecule has 2 aromatic rings. The molecule has 1 aromatic carbocycles. The molecule has 1 heterocycles. The fourth-order valence-corrected chi connectivity index (χ4v) is 3.05. The second-order valence-corrected chi connectivity index (χ2v) is 5.76. The normalized spacial score (nSPS) is 12.6. The summed E-state index contributed by atoms with van der Waals surface area (Å²) >= 11 is 1.40. The Balaban J connectivity index is 2.32. The van der Waals surface area contributed by atoms with Crippen LogP contribution in [0.1, 0.15) is 6.92 Å². The van der Waals surface area contributed by atoms with Crippen molar-refractivity contribution in [3.8, 4) is 10.6 Å². The molecule has 0 N–H and O–H groups in total. The molecule has 0 amide bonds. The van der Waals surface area contributed by atoms with Crippen LogP contribution in [-0.2, 0) is 10.8 Å². The molecule has 1 unspecified atom stereocenters. The first-order chi connectivity index (χ1) is 7.31. The van der Waals surface area contributed by atoms with Crippen LogP contribution in [0.25, 0.3) is 10.6 Å². The van der Waals surface area contributed by atoms with Crippen molar-refractivity contribution >= 4 is 22.1 Å². The van der Waals surface area contributed by atoms with Gasteiger partial charge in [0.2, 0.25) is 4.34 Å². The molecule has 15 heavy (non-hydrogen) atoms. The highest BCUT2D eigenvalue weighted by molar-refractivity contribution is 7.87. The van der Waals surface area contributed by atoms with Gasteiger partial charge in [-0.15, -0.1) is 10.2 Å². The summed E-state index contributed by atoms with van der Waals surface area (Å²) in [4.78, 5) is 0. The Morgan fingerprint density at radius 3 is 2.67 bits per heavy atom. The number of rotatable bonds is 3. The topological polar surface area (TPSA) is 42.9 Å². The van der Waals surface area contributed by atoms with Gasteiger partial charge in [-0.25, -0.2) is 0 Å². The third-order valence-corrected chi connectivity index (χ3v) is 4.45. The first-order valence-electron chi connectivity index (χ1n) is 4.58. The Morgan fingerprint density at radius 1 is 1.27 bits per heavy atom. The first-order valence-corrected chi connectivity index (χ1v) is 6.72. The van der Waals surface area contributed by atoms with Crippen molar-refractivity contribution < 1.29 is 4.21 Å². The molecule has 0 aliphatic heterocycles. The fourth-order valence-electron chi connectivity index (χ4n) is 1.12. The van der Waals surface area contributed by atoms with Crippen molar-refractivity contribution in [2.75, 3.05) is 5.75 Å². The van der Waals surface area contributed by atoms with Gasteiger partial charge in [0.1, 0.15) is 5.01 Å². The van der Waals surface area contributed by atoms with Gasteiger partial charge in [-0.05, 0) is 0 Å². The van der Waals surface area contributed by atoms with Crippen molar-refractivity contribution in [2.24, 2.45) is 0 Å². The zero-order chi connectivity index (χ0) is 10.7. The Morgan fingerprint density at radius 2 is 2.00 bits per heavy atom. The Hall–Kier alpha value is -1.07. The van der Waals surface area contributed by atoms with Gasteiger partial charge in [0, 0.05) is 11.3 Å². The molecule has 1 aromatic heterocycles. The standard InChI is InChI=1S/C10H10N2OS2/c1-2-15(13)10-12-11-9(14-10)8-6-4-3-5-7-8/h3-7H,2H2,1H3. The number of aromatic nitrogens is 2. The van der Waals surface area contributed by atoms with Crippen molar-refractivity contribution in [1.82, 2.24) is 10.2 Å². The lowest BCUT2D eigenvalue weighted by molar-refractivity contribution is 0.682. The molecular formula is C10H10N2OS2. The van der Waals surface area contributed by atoms with Gasteiger partial charge >= 0.3 is 0 Å². The molecule has 1 atom stereocenters. The van der Waals surface area contributed by atoms with E-state index in [-0.39, 0.29) is 0 Å². The van der Waals surface area contributed by atoms with E-state index in [0.717, 1.165) is 10.6 Å². The molecule has 0 saturated carbocycles. The molecule has 0 saturated heterocycles. The molecule has 0 radical (unpaired) electrons. The predicted molar refractivity (Wildman–Crippen MR) is 62.3 cm³/mol. The van der Waals surface area contributed by atoms with Gasteiger partial charge in [-0.1, -0.05) is 48.6 Å². The monoisotopic (exact) mass is 238 g/mol. The van der Waals surface area contributed by atoms with E-state index >= 15 is 0 Å². The summed E-state index contributed by atoms with van der Waals surface area (Å²) in [5.41, 5.74) is 1.02. The lowest BCUT2D eigenvalue weighted by Gasteiger charge is -1.91. The molecule has 0 aliphatic carbocycles. The minimum absolute atomic E-state index is 0.587. The molecule has 3 nitrogen and oxygen atoms in total. The molecular weight excluding hydrogens is 228 g/mol. The van der Waals surface area contributed by atoms with Gasteiger partial charge in [-0.3, -0.25) is 4.21 Å². The Bertz CT molecular complexity index is 467. The van der Waals surface area contributed by atoms with E-state index in [4.69, 9.17) is 0 Å². The summed E-state index contributed by atoms with van der Waals surface area (Å²) in [6.45, 7) is 1.87. The molecule has 0 spiro atoms. The van der Waals surface area contributed by atoms with Crippen LogP contribution in [-0.4, -0.2) is 20.2 Å². The van der Waals surface area contributed by atoms with Crippen molar-refractivity contribution in [2.45, 2.75) is 11.3 Å². The van der Waals surface area contributed by atoms with E-state index in [9.17, 15) is 4.21 Å². The van der Waals surface area contributed by atoms with Gasteiger partial charge in [0.25, 0.3) is 0 Å². The zero-order valence-electron chi connectivity index (χ0n) is 8.21. The number of benzene rings is 1. The lowest BCUT2D eigenvalue weighted by atomic mass is 10.2. The van der Waals surface area contributed by atoms with Gasteiger partial charge in [0.15, 0.2) is 0 Å². The van der Waals surface area contributed by atoms with Crippen LogP contribution in [0.15, 0.2) is 34.7 Å². The van der Waals surface area contributed by atoms with E-state index in [2.05, 4.69) is 10.2 Å². The smallest absolute Gasteiger partial charge is 0.204 e. The van der Waals surface area contributed by atoms with E-state index in [0.29, 0.717) is 10.1 Å². The number of hydrogen-bond donors (Lipinski definition) is 0. The maximum Gasteiger partial charge on any atom is 0.204 e. The molecule has 78 valence electrons. The number of hydrogen-bond acceptors (Lipinski definition) is 4. The molecule has 0 bridgehead atoms. The van der Waals surface area contributed by atoms with Crippen LogP contribution in [0, 0.1) is 0 Å². The number of nitrogens with zero attached hydrogens (tertiary/aromatic N) is 2. The van der Waals surface area contributed by atoms with Crippen LogP contribution in [0.5, 0.6) is 0 Å². The van der Waals surface area contributed by atoms with Crippen LogP contribution in [0.2, 0.25) is 0 Å². The first kappa shape index (κ1) is 10.4. The lowest BCUT2D eigenvalue weighted by Crippen LogP contribution is -1.92. The minimum Gasteiger partial charge on any atom is -0.252 e. The molecule has 5 heteroatoms. The Labute approximate surface area is 94.6 Å². The second kappa shape index (κ2) is 4.63. The van der Waals surface area contributed by atoms with E-state index in [1.54, 1.807) is 0 Å². The second-order valence-electron chi connectivity index (χ2n) is 2.87. The van der Waals surface area contributed by atoms with Gasteiger partial charge < -0.3 is 0 Å². The van der Waals surface area contributed by atoms with Crippen molar-refractivity contribution in [1.29, 1.82) is 0 Å². The quantitative estimate of drug-likeness (QED) is 0.824. The SMILES string of the molecule is CCS(=O)c1nnc(-c2ccccc2)s1. The van der Waals surface area contributed by atoms with E-state index in [1.165, 1.54) is 11.3 Å². The average molecular weight is 238 g/mol. The summed E-state index contributed by atoms with van der Waals surface area (Å²) in [6, 6.07) is 9.80. The van der Waals surface area contributed by atoms with E-state index < -0.39 is 10.8 Å². The predicted octanol–water partition coefficient (Wildman–Crippen LogP) is 2.33. The van der Waals surface area contributed by atoms with Crippen LogP contribution in [0.3, 0.4) is 0 Å². The fraction of sp³-hybridized carbons (Fsp3) is 0.200. The van der Waals surface area contributed by atoms with Crippen LogP contribution >= 0.6 is 11.3 Å². The van der Waals surface area contributed by atoms with Gasteiger partial charge in [-0.2, -0.15) is 0 Å². The average Bonchev–Trinajstić information content (AvgIpc) is 2.78. The molecule has 2 rings (SSSR count). The summed E-state index contributed by atoms with van der Waals surface area (Å²) in [6.07, 6.45) is 0. The molecule has 0 aliphatic rings. The van der Waals surface area contributed by atoms with Crippen molar-refractivity contribution in [3.05, 3.63) is 30.3 Å². The van der Waals surface area contributed by atoms with Gasteiger partial charge in [0.05, 0.1) is 10.8 Å². The highest BCUT2D eigenvalue weighted by Gasteiger charge is 2.10. The highest BCUT2D eigenvalue weighted by atomic mass is 32.2. The maximum atomic E-state index is 11.5. The largest absolute Gasteiger partial charge is 0.252 e.